The molecule has 9 heteroatoms. The Bertz CT molecular complexity index is 1250. The number of nitrogens with zero attached hydrogens (tertiary/aromatic N) is 1. The number of rotatable bonds is 17. The fourth-order valence-corrected chi connectivity index (χ4v) is 5.16. The van der Waals surface area contributed by atoms with E-state index in [-0.39, 0.29) is 24.3 Å². The Balaban J connectivity index is 1.17. The van der Waals surface area contributed by atoms with Crippen molar-refractivity contribution in [3.8, 4) is 17.2 Å². The molecular formula is C34H44N2O7. The number of nitrogens with one attached hydrogen (secondary N) is 1. The molecule has 0 bridgehead atoms. The van der Waals surface area contributed by atoms with Crippen molar-refractivity contribution in [1.82, 2.24) is 10.4 Å². The van der Waals surface area contributed by atoms with Crippen LogP contribution >= 0.6 is 0 Å². The van der Waals surface area contributed by atoms with Gasteiger partial charge in [-0.25, -0.2) is 5.06 Å². The molecule has 9 nitrogen and oxygen atoms in total. The van der Waals surface area contributed by atoms with Gasteiger partial charge < -0.3 is 29.0 Å². The fourth-order valence-electron chi connectivity index (χ4n) is 5.16. The summed E-state index contributed by atoms with van der Waals surface area (Å²) in [6, 6.07) is 23.9. The van der Waals surface area contributed by atoms with Gasteiger partial charge in [-0.3, -0.25) is 10.0 Å². The van der Waals surface area contributed by atoms with Crippen LogP contribution in [-0.2, 0) is 27.3 Å². The molecule has 2 atom stereocenters. The van der Waals surface area contributed by atoms with Gasteiger partial charge in [0.1, 0.15) is 23.9 Å². The van der Waals surface area contributed by atoms with Crippen LogP contribution in [-0.4, -0.2) is 76.0 Å². The third kappa shape index (κ3) is 10.2. The van der Waals surface area contributed by atoms with Gasteiger partial charge in [0.15, 0.2) is 0 Å². The van der Waals surface area contributed by atoms with Gasteiger partial charge in [0.05, 0.1) is 39.6 Å². The number of carbonyl (C=O) groups excluding carboxylic acids is 1. The lowest BCUT2D eigenvalue weighted by atomic mass is 9.88. The van der Waals surface area contributed by atoms with Crippen LogP contribution in [0.5, 0.6) is 17.2 Å². The highest BCUT2D eigenvalue weighted by Crippen LogP contribution is 2.29. The van der Waals surface area contributed by atoms with Crippen molar-refractivity contribution < 1.29 is 33.7 Å². The Labute approximate surface area is 254 Å². The summed E-state index contributed by atoms with van der Waals surface area (Å²) >= 11 is 0. The first kappa shape index (κ1) is 32.3. The molecule has 0 spiro atoms. The summed E-state index contributed by atoms with van der Waals surface area (Å²) in [5.41, 5.74) is 3.21. The Morgan fingerprint density at radius 1 is 0.907 bits per heavy atom. The first-order chi connectivity index (χ1) is 21.0. The highest BCUT2D eigenvalue weighted by molar-refractivity contribution is 5.74. The predicted molar refractivity (Wildman–Crippen MR) is 164 cm³/mol. The van der Waals surface area contributed by atoms with E-state index < -0.39 is 0 Å². The van der Waals surface area contributed by atoms with Crippen molar-refractivity contribution in [1.29, 1.82) is 0 Å². The van der Waals surface area contributed by atoms with Gasteiger partial charge >= 0.3 is 0 Å². The van der Waals surface area contributed by atoms with Crippen LogP contribution in [0.4, 0.5) is 0 Å². The van der Waals surface area contributed by atoms with Crippen LogP contribution in [0.1, 0.15) is 41.9 Å². The number of methoxy groups -OCH3 is 1. The molecule has 3 aromatic rings. The second-order valence-electron chi connectivity index (χ2n) is 10.5. The lowest BCUT2D eigenvalue weighted by molar-refractivity contribution is -0.159. The largest absolute Gasteiger partial charge is 0.496 e. The third-order valence-corrected chi connectivity index (χ3v) is 7.50. The highest BCUT2D eigenvalue weighted by Gasteiger charge is 2.27. The smallest absolute Gasteiger partial charge is 0.245 e. The molecule has 3 aromatic carbocycles. The predicted octanol–water partition coefficient (Wildman–Crippen LogP) is 5.00. The highest BCUT2D eigenvalue weighted by atomic mass is 16.5. The Hall–Kier alpha value is -3.63. The molecule has 0 saturated carbocycles. The topological polar surface area (TPSA) is 98.7 Å². The normalized spacial score (nSPS) is 16.4. The number of carbonyl (C=O) groups is 1. The number of benzene rings is 3. The van der Waals surface area contributed by atoms with Crippen LogP contribution in [0.3, 0.4) is 0 Å². The van der Waals surface area contributed by atoms with Crippen molar-refractivity contribution in [3.05, 3.63) is 89.5 Å². The zero-order chi connectivity index (χ0) is 30.3. The number of hydroxylamine groups is 2. The van der Waals surface area contributed by atoms with Gasteiger partial charge in [0.2, 0.25) is 5.91 Å². The summed E-state index contributed by atoms with van der Waals surface area (Å²) in [7, 11) is 3.00. The standard InChI is InChI=1S/C34H44N2O7/c1-36(38)34(37)17-14-27-8-3-6-11-32(27)42-22-23-43-33-24-35-19-18-30(33)26-12-15-29(16-13-26)41-21-7-20-40-25-28-9-4-5-10-31(28)39-2/h3-6,8-13,15-16,30,33,35,38H,7,14,17-25H2,1-2H3. The van der Waals surface area contributed by atoms with Gasteiger partial charge in [-0.2, -0.15) is 0 Å². The van der Waals surface area contributed by atoms with Gasteiger partial charge in [-0.15, -0.1) is 0 Å². The van der Waals surface area contributed by atoms with Crippen LogP contribution < -0.4 is 19.5 Å². The minimum absolute atomic E-state index is 0.0393. The average Bonchev–Trinajstić information content (AvgIpc) is 3.04. The molecule has 232 valence electrons. The van der Waals surface area contributed by atoms with Crippen LogP contribution in [0.25, 0.3) is 0 Å². The SMILES string of the molecule is COc1ccccc1COCCCOc1ccc(C2CCNCC2OCCOc2ccccc2CCC(=O)N(C)O)cc1. The molecule has 1 heterocycles. The van der Waals surface area contributed by atoms with Crippen molar-refractivity contribution >= 4 is 5.91 Å². The molecule has 1 aliphatic rings. The lowest BCUT2D eigenvalue weighted by Crippen LogP contribution is -2.41. The summed E-state index contributed by atoms with van der Waals surface area (Å²) in [6.45, 7) is 4.31. The molecule has 1 amide bonds. The molecule has 4 rings (SSSR count). The quantitative estimate of drug-likeness (QED) is 0.128. The molecule has 2 unspecified atom stereocenters. The second kappa shape index (κ2) is 17.5. The van der Waals surface area contributed by atoms with Crippen LogP contribution in [0, 0.1) is 0 Å². The number of para-hydroxylation sites is 2. The van der Waals surface area contributed by atoms with Crippen molar-refractivity contribution in [2.24, 2.45) is 0 Å². The number of piperidine rings is 1. The first-order valence-corrected chi connectivity index (χ1v) is 15.0. The minimum Gasteiger partial charge on any atom is -0.496 e. The number of amides is 1. The Morgan fingerprint density at radius 2 is 1.65 bits per heavy atom. The van der Waals surface area contributed by atoms with E-state index in [0.717, 1.165) is 54.3 Å². The van der Waals surface area contributed by atoms with E-state index >= 15 is 0 Å². The van der Waals surface area contributed by atoms with Crippen molar-refractivity contribution in [2.75, 3.05) is 53.7 Å². The molecule has 1 fully saturated rings. The molecule has 0 aliphatic carbocycles. The maximum Gasteiger partial charge on any atom is 0.245 e. The number of hydrogen-bond donors (Lipinski definition) is 2. The molecule has 0 radical (unpaired) electrons. The fraction of sp³-hybridized carbons (Fsp3) is 0.441. The average molecular weight is 593 g/mol. The first-order valence-electron chi connectivity index (χ1n) is 15.0. The van der Waals surface area contributed by atoms with E-state index in [0.29, 0.717) is 44.5 Å². The van der Waals surface area contributed by atoms with E-state index in [2.05, 4.69) is 17.4 Å². The van der Waals surface area contributed by atoms with E-state index in [1.807, 2.05) is 60.7 Å². The number of ether oxygens (including phenoxy) is 5. The van der Waals surface area contributed by atoms with E-state index in [1.165, 1.54) is 12.6 Å². The minimum atomic E-state index is -0.334. The monoisotopic (exact) mass is 592 g/mol. The summed E-state index contributed by atoms with van der Waals surface area (Å²) in [5.74, 6) is 2.37. The molecule has 0 aromatic heterocycles. The summed E-state index contributed by atoms with van der Waals surface area (Å²) < 4.78 is 29.4. The van der Waals surface area contributed by atoms with Gasteiger partial charge in [-0.05, 0) is 54.8 Å². The number of aryl methyl sites for hydroxylation is 1. The van der Waals surface area contributed by atoms with Gasteiger partial charge in [-0.1, -0.05) is 48.5 Å². The Morgan fingerprint density at radius 3 is 2.42 bits per heavy atom. The number of hydrogen-bond acceptors (Lipinski definition) is 8. The lowest BCUT2D eigenvalue weighted by Gasteiger charge is -2.32. The molecule has 1 saturated heterocycles. The summed E-state index contributed by atoms with van der Waals surface area (Å²) in [6.07, 6.45) is 2.53. The van der Waals surface area contributed by atoms with E-state index in [1.54, 1.807) is 7.11 Å². The summed E-state index contributed by atoms with van der Waals surface area (Å²) in [5, 5.41) is 13.4. The van der Waals surface area contributed by atoms with Crippen LogP contribution in [0.15, 0.2) is 72.8 Å². The molecule has 2 N–H and O–H groups in total. The van der Waals surface area contributed by atoms with Crippen LogP contribution in [0.2, 0.25) is 0 Å². The summed E-state index contributed by atoms with van der Waals surface area (Å²) in [4.78, 5) is 11.8. The molecule has 1 aliphatic heterocycles. The maximum atomic E-state index is 11.8. The van der Waals surface area contributed by atoms with E-state index in [9.17, 15) is 10.0 Å². The molecular weight excluding hydrogens is 548 g/mol. The van der Waals surface area contributed by atoms with Gasteiger partial charge in [0, 0.05) is 37.9 Å². The Kier molecular flexibility index (Phi) is 13.1. The van der Waals surface area contributed by atoms with E-state index in [4.69, 9.17) is 23.7 Å². The van der Waals surface area contributed by atoms with Crippen molar-refractivity contribution in [2.45, 2.75) is 44.3 Å². The second-order valence-corrected chi connectivity index (χ2v) is 10.5. The zero-order valence-corrected chi connectivity index (χ0v) is 25.2. The zero-order valence-electron chi connectivity index (χ0n) is 25.2. The third-order valence-electron chi connectivity index (χ3n) is 7.50. The van der Waals surface area contributed by atoms with Crippen molar-refractivity contribution in [3.63, 3.8) is 0 Å². The molecule has 43 heavy (non-hydrogen) atoms. The van der Waals surface area contributed by atoms with Gasteiger partial charge in [0.25, 0.3) is 0 Å². The maximum absolute atomic E-state index is 11.8.